The van der Waals surface area contributed by atoms with E-state index in [1.54, 1.807) is 45.0 Å². The molecule has 1 amide bonds. The summed E-state index contributed by atoms with van der Waals surface area (Å²) in [6, 6.07) is 10.3. The zero-order valence-corrected chi connectivity index (χ0v) is 30.8. The molecular formula is C34H48N4O9S2. The highest BCUT2D eigenvalue weighted by molar-refractivity contribution is 7.92. The van der Waals surface area contributed by atoms with Gasteiger partial charge in [0.25, 0.3) is 15.9 Å². The van der Waals surface area contributed by atoms with Crippen molar-refractivity contribution in [3.8, 4) is 5.75 Å². The number of ether oxygens (including phenoxy) is 2. The Morgan fingerprint density at radius 3 is 2.39 bits per heavy atom. The molecule has 4 atom stereocenters. The monoisotopic (exact) mass is 720 g/mol. The number of sulfonamides is 2. The Kier molecular flexibility index (Phi) is 12.5. The number of rotatable bonds is 9. The van der Waals surface area contributed by atoms with Crippen LogP contribution in [-0.4, -0.2) is 93.8 Å². The molecule has 1 aliphatic heterocycles. The Morgan fingerprint density at radius 1 is 1.06 bits per heavy atom. The van der Waals surface area contributed by atoms with Crippen molar-refractivity contribution in [3.63, 3.8) is 0 Å². The predicted octanol–water partition coefficient (Wildman–Crippen LogP) is 4.52. The molecule has 13 nitrogen and oxygen atoms in total. The topological polar surface area (TPSA) is 169 Å². The Balaban J connectivity index is 1.69. The van der Waals surface area contributed by atoms with Gasteiger partial charge in [-0.05, 0) is 84.2 Å². The maximum Gasteiger partial charge on any atom is 0.261 e. The number of likely N-dealkylation sites (N-methyl/N-ethyl adjacent to an activating group) is 1. The van der Waals surface area contributed by atoms with E-state index in [2.05, 4.69) is 9.88 Å². The van der Waals surface area contributed by atoms with Crippen LogP contribution in [0.15, 0.2) is 56.8 Å². The van der Waals surface area contributed by atoms with E-state index in [1.807, 2.05) is 20.8 Å². The van der Waals surface area contributed by atoms with E-state index in [1.165, 1.54) is 34.5 Å². The number of aryl methyl sites for hydroxylation is 3. The van der Waals surface area contributed by atoms with E-state index in [4.69, 9.17) is 14.0 Å². The first-order chi connectivity index (χ1) is 23.0. The fourth-order valence-electron chi connectivity index (χ4n) is 5.73. The van der Waals surface area contributed by atoms with Gasteiger partial charge in [-0.2, -0.15) is 4.31 Å². The average Bonchev–Trinajstić information content (AvgIpc) is 3.40. The number of anilines is 1. The van der Waals surface area contributed by atoms with Crippen molar-refractivity contribution < 1.29 is 40.7 Å². The largest absolute Gasteiger partial charge is 0.490 e. The van der Waals surface area contributed by atoms with E-state index in [0.29, 0.717) is 19.4 Å². The molecule has 0 bridgehead atoms. The van der Waals surface area contributed by atoms with Gasteiger partial charge in [-0.1, -0.05) is 29.8 Å². The SMILES string of the molecule is Cc1ccc(S(=O)(=O)Nc2ccc3c(c2)C(=O)N([C@H](C)CO)C[C@H](C)[C@@H](CN(C)S(=O)(=O)c2c(C)noc2C)OCCCC[C@H](C)O3)cc1. The fourth-order valence-corrected chi connectivity index (χ4v) is 8.25. The molecular weight excluding hydrogens is 673 g/mol. The number of carbonyl (C=O) groups excluding carboxylic acids is 1. The van der Waals surface area contributed by atoms with Crippen molar-refractivity contribution in [3.05, 3.63) is 65.0 Å². The summed E-state index contributed by atoms with van der Waals surface area (Å²) < 4.78 is 75.0. The van der Waals surface area contributed by atoms with Crippen LogP contribution < -0.4 is 9.46 Å². The lowest BCUT2D eigenvalue weighted by Gasteiger charge is -2.35. The lowest BCUT2D eigenvalue weighted by atomic mass is 10.0. The molecule has 49 heavy (non-hydrogen) atoms. The third-order valence-electron chi connectivity index (χ3n) is 8.71. The van der Waals surface area contributed by atoms with E-state index in [-0.39, 0.29) is 64.0 Å². The van der Waals surface area contributed by atoms with Crippen LogP contribution in [0.2, 0.25) is 0 Å². The van der Waals surface area contributed by atoms with Crippen molar-refractivity contribution in [1.82, 2.24) is 14.4 Å². The van der Waals surface area contributed by atoms with Crippen molar-refractivity contribution in [2.75, 3.05) is 38.1 Å². The second kappa shape index (κ2) is 16.0. The molecule has 1 aliphatic rings. The molecule has 0 unspecified atom stereocenters. The van der Waals surface area contributed by atoms with Crippen LogP contribution in [0.25, 0.3) is 0 Å². The summed E-state index contributed by atoms with van der Waals surface area (Å²) in [4.78, 5) is 16.0. The van der Waals surface area contributed by atoms with Crippen LogP contribution in [0, 0.1) is 26.7 Å². The lowest BCUT2D eigenvalue weighted by Crippen LogP contribution is -2.48. The number of aliphatic hydroxyl groups excluding tert-OH is 1. The van der Waals surface area contributed by atoms with Gasteiger partial charge in [0.2, 0.25) is 10.0 Å². The molecule has 3 aromatic rings. The van der Waals surface area contributed by atoms with Gasteiger partial charge in [-0.3, -0.25) is 9.52 Å². The second-order valence-electron chi connectivity index (χ2n) is 12.9. The molecule has 1 aromatic heterocycles. The normalized spacial score (nSPS) is 20.7. The third kappa shape index (κ3) is 9.19. The molecule has 270 valence electrons. The number of hydrogen-bond acceptors (Lipinski definition) is 10. The smallest absolute Gasteiger partial charge is 0.261 e. The maximum atomic E-state index is 14.4. The van der Waals surface area contributed by atoms with E-state index in [0.717, 1.165) is 12.0 Å². The first-order valence-corrected chi connectivity index (χ1v) is 19.3. The second-order valence-corrected chi connectivity index (χ2v) is 16.5. The molecule has 2 heterocycles. The molecule has 0 saturated heterocycles. The molecule has 0 saturated carbocycles. The Bertz CT molecular complexity index is 1790. The zero-order valence-electron chi connectivity index (χ0n) is 29.2. The molecule has 2 aromatic carbocycles. The summed E-state index contributed by atoms with van der Waals surface area (Å²) in [6.07, 6.45) is 1.19. The first kappa shape index (κ1) is 38.3. The summed E-state index contributed by atoms with van der Waals surface area (Å²) >= 11 is 0. The van der Waals surface area contributed by atoms with E-state index >= 15 is 0 Å². The maximum absolute atomic E-state index is 14.4. The summed E-state index contributed by atoms with van der Waals surface area (Å²) in [5.41, 5.74) is 1.46. The number of hydrogen-bond donors (Lipinski definition) is 2. The predicted molar refractivity (Wildman–Crippen MR) is 185 cm³/mol. The number of nitrogens with one attached hydrogen (secondary N) is 1. The molecule has 0 fully saturated rings. The Morgan fingerprint density at radius 2 is 1.76 bits per heavy atom. The lowest BCUT2D eigenvalue weighted by molar-refractivity contribution is -0.00835. The van der Waals surface area contributed by atoms with Gasteiger partial charge in [0.15, 0.2) is 5.76 Å². The van der Waals surface area contributed by atoms with E-state index < -0.39 is 44.0 Å². The first-order valence-electron chi connectivity index (χ1n) is 16.4. The third-order valence-corrected chi connectivity index (χ3v) is 12.2. The van der Waals surface area contributed by atoms with Gasteiger partial charge in [-0.25, -0.2) is 16.8 Å². The number of aromatic nitrogens is 1. The van der Waals surface area contributed by atoms with Gasteiger partial charge >= 0.3 is 0 Å². The molecule has 0 spiro atoms. The van der Waals surface area contributed by atoms with Crippen LogP contribution >= 0.6 is 0 Å². The Labute approximate surface area is 289 Å². The van der Waals surface area contributed by atoms with Crippen LogP contribution in [0.1, 0.15) is 67.4 Å². The summed E-state index contributed by atoms with van der Waals surface area (Å²) in [5, 5.41) is 14.0. The molecule has 2 N–H and O–H groups in total. The molecule has 0 radical (unpaired) electrons. The van der Waals surface area contributed by atoms with Crippen molar-refractivity contribution in [2.24, 2.45) is 5.92 Å². The molecule has 15 heteroatoms. The standard InChI is InChI=1S/C34H48N4O9S2/c1-22-11-14-29(15-12-22)48(41,42)36-28-13-16-31-30(18-28)34(40)38(24(3)21-39)19-23(2)32(45-17-9-8-10-25(4)46-31)20-37(7)49(43,44)33-26(5)35-47-27(33)6/h11-16,18,23-25,32,36,39H,8-10,17,19-21H2,1-7H3/t23-,24+,25-,32+/m0/s1. The number of nitrogens with zero attached hydrogens (tertiary/aromatic N) is 3. The highest BCUT2D eigenvalue weighted by Gasteiger charge is 2.34. The van der Waals surface area contributed by atoms with Gasteiger partial charge in [0, 0.05) is 38.3 Å². The van der Waals surface area contributed by atoms with E-state index in [9.17, 15) is 26.7 Å². The summed E-state index contributed by atoms with van der Waals surface area (Å²) in [6.45, 7) is 10.5. The average molecular weight is 721 g/mol. The number of fused-ring (bicyclic) bond motifs is 1. The quantitative estimate of drug-likeness (QED) is 0.321. The van der Waals surface area contributed by atoms with Crippen LogP contribution in [0.3, 0.4) is 0 Å². The number of carbonyl (C=O) groups is 1. The number of benzene rings is 2. The van der Waals surface area contributed by atoms with Crippen LogP contribution in [0.4, 0.5) is 5.69 Å². The van der Waals surface area contributed by atoms with Crippen molar-refractivity contribution >= 4 is 31.6 Å². The number of amides is 1. The van der Waals surface area contributed by atoms with Crippen LogP contribution in [0.5, 0.6) is 5.75 Å². The minimum absolute atomic E-state index is 0.00801. The van der Waals surface area contributed by atoms with Crippen molar-refractivity contribution in [2.45, 2.75) is 88.8 Å². The minimum Gasteiger partial charge on any atom is -0.490 e. The zero-order chi connectivity index (χ0) is 36.1. The fraction of sp³-hybridized carbons (Fsp3) is 0.529. The summed E-state index contributed by atoms with van der Waals surface area (Å²) in [5.74, 6) is -0.406. The summed E-state index contributed by atoms with van der Waals surface area (Å²) in [7, 11) is -6.47. The molecule has 0 aliphatic carbocycles. The van der Waals surface area contributed by atoms with Gasteiger partial charge in [0.1, 0.15) is 16.3 Å². The van der Waals surface area contributed by atoms with Gasteiger partial charge in [0.05, 0.1) is 35.3 Å². The highest BCUT2D eigenvalue weighted by atomic mass is 32.2. The number of aliphatic hydroxyl groups is 1. The van der Waals surface area contributed by atoms with Crippen molar-refractivity contribution in [1.29, 1.82) is 0 Å². The molecule has 4 rings (SSSR count). The van der Waals surface area contributed by atoms with Gasteiger partial charge < -0.3 is 24.0 Å². The Hall–Kier alpha value is -3.50. The van der Waals surface area contributed by atoms with Gasteiger partial charge in [-0.15, -0.1) is 0 Å². The minimum atomic E-state index is -3.97. The van der Waals surface area contributed by atoms with Crippen LogP contribution in [-0.2, 0) is 24.8 Å². The highest BCUT2D eigenvalue weighted by Crippen LogP contribution is 2.30.